The van der Waals surface area contributed by atoms with Gasteiger partial charge in [0.05, 0.1) is 23.4 Å². The maximum Gasteiger partial charge on any atom is 0.128 e. The van der Waals surface area contributed by atoms with Crippen molar-refractivity contribution in [2.45, 2.75) is 26.3 Å². The van der Waals surface area contributed by atoms with Gasteiger partial charge in [-0.15, -0.1) is 11.3 Å². The fourth-order valence-corrected chi connectivity index (χ4v) is 3.03. The monoisotopic (exact) mass is 274 g/mol. The van der Waals surface area contributed by atoms with Crippen molar-refractivity contribution in [2.75, 3.05) is 23.3 Å². The standard InChI is InChI=1S/C14H18N4S/c1-11-15-9-13(19-11)10-16-12-4-5-14(17-8-12)18-6-2-3-7-18/h4-5,8-9,16H,2-3,6-7,10H2,1H3. The predicted octanol–water partition coefficient (Wildman–Crippen LogP) is 3.06. The van der Waals surface area contributed by atoms with Gasteiger partial charge < -0.3 is 10.2 Å². The summed E-state index contributed by atoms with van der Waals surface area (Å²) in [4.78, 5) is 12.4. The number of aromatic nitrogens is 2. The van der Waals surface area contributed by atoms with E-state index in [0.29, 0.717) is 0 Å². The second-order valence-corrected chi connectivity index (χ2v) is 6.12. The zero-order chi connectivity index (χ0) is 13.1. The highest BCUT2D eigenvalue weighted by atomic mass is 32.1. The van der Waals surface area contributed by atoms with Crippen LogP contribution in [0.3, 0.4) is 0 Å². The molecular weight excluding hydrogens is 256 g/mol. The molecule has 0 aliphatic carbocycles. The van der Waals surface area contributed by atoms with Crippen LogP contribution < -0.4 is 10.2 Å². The van der Waals surface area contributed by atoms with Crippen LogP contribution in [0, 0.1) is 6.92 Å². The second-order valence-electron chi connectivity index (χ2n) is 4.80. The minimum atomic E-state index is 0.816. The highest BCUT2D eigenvalue weighted by molar-refractivity contribution is 7.11. The molecule has 19 heavy (non-hydrogen) atoms. The van der Waals surface area contributed by atoms with E-state index in [-0.39, 0.29) is 0 Å². The Morgan fingerprint density at radius 3 is 2.68 bits per heavy atom. The highest BCUT2D eigenvalue weighted by Gasteiger charge is 2.12. The lowest BCUT2D eigenvalue weighted by atomic mass is 10.3. The molecule has 0 bridgehead atoms. The Bertz CT molecular complexity index is 529. The molecular formula is C14H18N4S. The lowest BCUT2D eigenvalue weighted by Crippen LogP contribution is -2.18. The predicted molar refractivity (Wildman–Crippen MR) is 79.9 cm³/mol. The van der Waals surface area contributed by atoms with Gasteiger partial charge in [0.25, 0.3) is 0 Å². The maximum atomic E-state index is 4.53. The quantitative estimate of drug-likeness (QED) is 0.930. The third kappa shape index (κ3) is 3.04. The first-order valence-corrected chi connectivity index (χ1v) is 7.49. The molecule has 0 spiro atoms. The van der Waals surface area contributed by atoms with Crippen LogP contribution in [-0.2, 0) is 6.54 Å². The third-order valence-corrected chi connectivity index (χ3v) is 4.23. The molecule has 2 aromatic heterocycles. The Labute approximate surface area is 117 Å². The largest absolute Gasteiger partial charge is 0.379 e. The van der Waals surface area contributed by atoms with Crippen LogP contribution >= 0.6 is 11.3 Å². The Morgan fingerprint density at radius 1 is 1.21 bits per heavy atom. The Morgan fingerprint density at radius 2 is 2.05 bits per heavy atom. The molecule has 0 atom stereocenters. The molecule has 0 saturated carbocycles. The summed E-state index contributed by atoms with van der Waals surface area (Å²) in [6.45, 7) is 5.12. The summed E-state index contributed by atoms with van der Waals surface area (Å²) < 4.78 is 0. The zero-order valence-electron chi connectivity index (χ0n) is 11.1. The molecule has 1 aliphatic heterocycles. The van der Waals surface area contributed by atoms with E-state index in [4.69, 9.17) is 0 Å². The van der Waals surface area contributed by atoms with Crippen molar-refractivity contribution in [3.63, 3.8) is 0 Å². The molecule has 2 aromatic rings. The lowest BCUT2D eigenvalue weighted by Gasteiger charge is -2.16. The molecule has 3 rings (SSSR count). The van der Waals surface area contributed by atoms with Gasteiger partial charge in [0.2, 0.25) is 0 Å². The SMILES string of the molecule is Cc1ncc(CNc2ccc(N3CCCC3)nc2)s1. The number of hydrogen-bond donors (Lipinski definition) is 1. The minimum Gasteiger partial charge on any atom is -0.379 e. The number of pyridine rings is 1. The van der Waals surface area contributed by atoms with Crippen molar-refractivity contribution in [1.82, 2.24) is 9.97 Å². The van der Waals surface area contributed by atoms with Gasteiger partial charge in [0.15, 0.2) is 0 Å². The minimum absolute atomic E-state index is 0.816. The van der Waals surface area contributed by atoms with E-state index in [1.165, 1.54) is 17.7 Å². The van der Waals surface area contributed by atoms with Gasteiger partial charge in [0, 0.05) is 24.2 Å². The van der Waals surface area contributed by atoms with Crippen LogP contribution in [-0.4, -0.2) is 23.1 Å². The average Bonchev–Trinajstić information content (AvgIpc) is 3.08. The number of thiazole rings is 1. The summed E-state index contributed by atoms with van der Waals surface area (Å²) in [6, 6.07) is 4.21. The van der Waals surface area contributed by atoms with Crippen molar-refractivity contribution in [2.24, 2.45) is 0 Å². The molecule has 5 heteroatoms. The first-order chi connectivity index (χ1) is 9.31. The normalized spacial score (nSPS) is 14.9. The topological polar surface area (TPSA) is 41.1 Å². The summed E-state index contributed by atoms with van der Waals surface area (Å²) in [5.41, 5.74) is 1.06. The van der Waals surface area contributed by atoms with Gasteiger partial charge in [-0.05, 0) is 31.9 Å². The highest BCUT2D eigenvalue weighted by Crippen LogP contribution is 2.20. The number of aryl methyl sites for hydroxylation is 1. The molecule has 0 radical (unpaired) electrons. The van der Waals surface area contributed by atoms with Gasteiger partial charge >= 0.3 is 0 Å². The van der Waals surface area contributed by atoms with E-state index in [1.54, 1.807) is 11.3 Å². The Hall–Kier alpha value is -1.62. The average molecular weight is 274 g/mol. The fraction of sp³-hybridized carbons (Fsp3) is 0.429. The molecule has 3 heterocycles. The van der Waals surface area contributed by atoms with E-state index >= 15 is 0 Å². The van der Waals surface area contributed by atoms with Crippen LogP contribution in [0.4, 0.5) is 11.5 Å². The molecule has 1 aliphatic rings. The van der Waals surface area contributed by atoms with E-state index in [9.17, 15) is 0 Å². The lowest BCUT2D eigenvalue weighted by molar-refractivity contribution is 0.937. The van der Waals surface area contributed by atoms with E-state index in [2.05, 4.69) is 32.3 Å². The number of hydrogen-bond acceptors (Lipinski definition) is 5. The van der Waals surface area contributed by atoms with Gasteiger partial charge in [0.1, 0.15) is 5.82 Å². The zero-order valence-corrected chi connectivity index (χ0v) is 11.9. The van der Waals surface area contributed by atoms with E-state index in [0.717, 1.165) is 36.1 Å². The molecule has 0 unspecified atom stereocenters. The maximum absolute atomic E-state index is 4.53. The molecule has 1 saturated heterocycles. The van der Waals surface area contributed by atoms with Crippen LogP contribution in [0.15, 0.2) is 24.5 Å². The molecule has 0 aromatic carbocycles. The van der Waals surface area contributed by atoms with Crippen molar-refractivity contribution in [3.05, 3.63) is 34.4 Å². The van der Waals surface area contributed by atoms with Crippen LogP contribution in [0.2, 0.25) is 0 Å². The van der Waals surface area contributed by atoms with Gasteiger partial charge in [-0.25, -0.2) is 9.97 Å². The van der Waals surface area contributed by atoms with Crippen LogP contribution in [0.5, 0.6) is 0 Å². The molecule has 0 amide bonds. The Balaban J connectivity index is 1.59. The van der Waals surface area contributed by atoms with E-state index in [1.807, 2.05) is 19.3 Å². The summed E-state index contributed by atoms with van der Waals surface area (Å²) in [5, 5.41) is 4.49. The van der Waals surface area contributed by atoms with Gasteiger partial charge in [-0.3, -0.25) is 0 Å². The summed E-state index contributed by atoms with van der Waals surface area (Å²) in [5.74, 6) is 1.09. The summed E-state index contributed by atoms with van der Waals surface area (Å²) in [6.07, 6.45) is 6.42. The van der Waals surface area contributed by atoms with Crippen molar-refractivity contribution >= 4 is 22.8 Å². The molecule has 1 N–H and O–H groups in total. The number of anilines is 2. The van der Waals surface area contributed by atoms with Crippen molar-refractivity contribution < 1.29 is 0 Å². The molecule has 4 nitrogen and oxygen atoms in total. The Kier molecular flexibility index (Phi) is 3.64. The number of nitrogens with zero attached hydrogens (tertiary/aromatic N) is 3. The second kappa shape index (κ2) is 5.57. The summed E-state index contributed by atoms with van der Waals surface area (Å²) >= 11 is 1.73. The van der Waals surface area contributed by atoms with Crippen molar-refractivity contribution in [3.8, 4) is 0 Å². The number of rotatable bonds is 4. The smallest absolute Gasteiger partial charge is 0.128 e. The van der Waals surface area contributed by atoms with Crippen LogP contribution in [0.25, 0.3) is 0 Å². The first kappa shape index (κ1) is 12.4. The van der Waals surface area contributed by atoms with E-state index < -0.39 is 0 Å². The molecule has 1 fully saturated rings. The fourth-order valence-electron chi connectivity index (χ4n) is 2.30. The van der Waals surface area contributed by atoms with Crippen LogP contribution in [0.1, 0.15) is 22.7 Å². The van der Waals surface area contributed by atoms with Gasteiger partial charge in [-0.2, -0.15) is 0 Å². The third-order valence-electron chi connectivity index (χ3n) is 3.31. The van der Waals surface area contributed by atoms with Crippen molar-refractivity contribution in [1.29, 1.82) is 0 Å². The molecule has 100 valence electrons. The number of nitrogens with one attached hydrogen (secondary N) is 1. The summed E-state index contributed by atoms with van der Waals surface area (Å²) in [7, 11) is 0. The first-order valence-electron chi connectivity index (χ1n) is 6.67. The van der Waals surface area contributed by atoms with Gasteiger partial charge in [-0.1, -0.05) is 0 Å².